The Hall–Kier alpha value is -1.73. The molecule has 1 aromatic rings. The predicted molar refractivity (Wildman–Crippen MR) is 70.5 cm³/mol. The first-order valence-electron chi connectivity index (χ1n) is 6.13. The van der Waals surface area contributed by atoms with Gasteiger partial charge in [0, 0.05) is 0 Å². The van der Waals surface area contributed by atoms with Crippen LogP contribution in [0.5, 0.6) is 11.5 Å². The fourth-order valence-corrected chi connectivity index (χ4v) is 1.48. The minimum Gasteiger partial charge on any atom is -0.494 e. The summed E-state index contributed by atoms with van der Waals surface area (Å²) in [5.41, 5.74) is 4.95. The van der Waals surface area contributed by atoms with Gasteiger partial charge in [-0.25, -0.2) is 0 Å². The summed E-state index contributed by atoms with van der Waals surface area (Å²) < 4.78 is 10.9. The maximum Gasteiger partial charge on any atom is 0.119 e. The molecular formula is C14H20N2O2. The van der Waals surface area contributed by atoms with Crippen molar-refractivity contribution in [1.29, 1.82) is 5.26 Å². The van der Waals surface area contributed by atoms with E-state index >= 15 is 0 Å². The highest BCUT2D eigenvalue weighted by Crippen LogP contribution is 2.18. The van der Waals surface area contributed by atoms with Gasteiger partial charge in [-0.2, -0.15) is 5.26 Å². The van der Waals surface area contributed by atoms with Crippen LogP contribution in [0.15, 0.2) is 24.3 Å². The number of nitriles is 1. The maximum atomic E-state index is 8.76. The summed E-state index contributed by atoms with van der Waals surface area (Å²) in [6, 6.07) is 9.56. The van der Waals surface area contributed by atoms with Crippen molar-refractivity contribution in [2.24, 2.45) is 5.73 Å². The SMILES string of the molecule is CCOc1ccc(OCCCC(C)(N)C#N)cc1. The van der Waals surface area contributed by atoms with Crippen molar-refractivity contribution >= 4 is 0 Å². The average molecular weight is 248 g/mol. The molecule has 1 rings (SSSR count). The highest BCUT2D eigenvalue weighted by atomic mass is 16.5. The van der Waals surface area contributed by atoms with E-state index in [1.54, 1.807) is 6.92 Å². The van der Waals surface area contributed by atoms with Gasteiger partial charge in [0.15, 0.2) is 0 Å². The number of nitrogens with two attached hydrogens (primary N) is 1. The van der Waals surface area contributed by atoms with Crippen molar-refractivity contribution in [3.05, 3.63) is 24.3 Å². The van der Waals surface area contributed by atoms with Crippen LogP contribution in [-0.2, 0) is 0 Å². The van der Waals surface area contributed by atoms with E-state index in [2.05, 4.69) is 6.07 Å². The van der Waals surface area contributed by atoms with Crippen molar-refractivity contribution < 1.29 is 9.47 Å². The van der Waals surface area contributed by atoms with Crippen LogP contribution >= 0.6 is 0 Å². The van der Waals surface area contributed by atoms with Gasteiger partial charge < -0.3 is 15.2 Å². The van der Waals surface area contributed by atoms with Gasteiger partial charge in [0.1, 0.15) is 17.0 Å². The lowest BCUT2D eigenvalue weighted by molar-refractivity contribution is 0.294. The summed E-state index contributed by atoms with van der Waals surface area (Å²) in [5, 5.41) is 8.76. The summed E-state index contributed by atoms with van der Waals surface area (Å²) >= 11 is 0. The molecule has 0 fully saturated rings. The number of benzene rings is 1. The van der Waals surface area contributed by atoms with E-state index in [0.29, 0.717) is 19.6 Å². The molecule has 0 aromatic heterocycles. The topological polar surface area (TPSA) is 68.3 Å². The molecule has 0 aliphatic carbocycles. The molecule has 4 heteroatoms. The van der Waals surface area contributed by atoms with Crippen molar-refractivity contribution in [3.63, 3.8) is 0 Å². The minimum atomic E-state index is -0.762. The minimum absolute atomic E-state index is 0.558. The van der Waals surface area contributed by atoms with Gasteiger partial charge >= 0.3 is 0 Å². The molecule has 0 heterocycles. The molecule has 1 unspecified atom stereocenters. The van der Waals surface area contributed by atoms with Gasteiger partial charge in [-0.05, 0) is 51.0 Å². The molecule has 0 saturated heterocycles. The second kappa shape index (κ2) is 6.87. The Bertz CT molecular complexity index is 393. The van der Waals surface area contributed by atoms with Crippen LogP contribution in [0, 0.1) is 11.3 Å². The first-order valence-corrected chi connectivity index (χ1v) is 6.13. The van der Waals surface area contributed by atoms with E-state index in [1.807, 2.05) is 31.2 Å². The van der Waals surface area contributed by atoms with Crippen LogP contribution in [0.3, 0.4) is 0 Å². The third kappa shape index (κ3) is 5.07. The fraction of sp³-hybridized carbons (Fsp3) is 0.500. The summed E-state index contributed by atoms with van der Waals surface area (Å²) in [5.74, 6) is 1.64. The first-order chi connectivity index (χ1) is 8.57. The van der Waals surface area contributed by atoms with E-state index in [-0.39, 0.29) is 0 Å². The summed E-state index contributed by atoms with van der Waals surface area (Å²) in [4.78, 5) is 0. The van der Waals surface area contributed by atoms with E-state index in [9.17, 15) is 0 Å². The number of rotatable bonds is 7. The lowest BCUT2D eigenvalue weighted by atomic mass is 10.00. The van der Waals surface area contributed by atoms with Crippen molar-refractivity contribution in [2.45, 2.75) is 32.2 Å². The molecule has 0 saturated carbocycles. The second-order valence-corrected chi connectivity index (χ2v) is 4.39. The number of hydrogen-bond acceptors (Lipinski definition) is 4. The Balaban J connectivity index is 2.30. The van der Waals surface area contributed by atoms with Gasteiger partial charge in [0.2, 0.25) is 0 Å². The molecule has 0 bridgehead atoms. The lowest BCUT2D eigenvalue weighted by Gasteiger charge is -2.15. The summed E-state index contributed by atoms with van der Waals surface area (Å²) in [7, 11) is 0. The normalized spacial score (nSPS) is 13.4. The number of nitrogens with zero attached hydrogens (tertiary/aromatic N) is 1. The van der Waals surface area contributed by atoms with Gasteiger partial charge in [-0.15, -0.1) is 0 Å². The predicted octanol–water partition coefficient (Wildman–Crippen LogP) is 2.49. The molecule has 0 spiro atoms. The molecule has 1 aromatic carbocycles. The zero-order valence-electron chi connectivity index (χ0n) is 11.0. The van der Waals surface area contributed by atoms with Gasteiger partial charge in [0.05, 0.1) is 19.3 Å². The molecule has 1 atom stereocenters. The smallest absolute Gasteiger partial charge is 0.119 e. The van der Waals surface area contributed by atoms with E-state index in [4.69, 9.17) is 20.5 Å². The van der Waals surface area contributed by atoms with Crippen LogP contribution in [0.4, 0.5) is 0 Å². The zero-order valence-corrected chi connectivity index (χ0v) is 11.0. The molecule has 0 radical (unpaired) electrons. The molecule has 0 aliphatic rings. The summed E-state index contributed by atoms with van der Waals surface area (Å²) in [6.07, 6.45) is 1.38. The molecule has 0 amide bonds. The molecule has 2 N–H and O–H groups in total. The Labute approximate surface area is 108 Å². The van der Waals surface area contributed by atoms with Crippen LogP contribution in [0.25, 0.3) is 0 Å². The lowest BCUT2D eigenvalue weighted by Crippen LogP contribution is -2.34. The molecular weight excluding hydrogens is 228 g/mol. The summed E-state index contributed by atoms with van der Waals surface area (Å²) in [6.45, 7) is 4.89. The third-order valence-electron chi connectivity index (χ3n) is 2.50. The Morgan fingerprint density at radius 1 is 1.22 bits per heavy atom. The molecule has 98 valence electrons. The van der Waals surface area contributed by atoms with Crippen molar-refractivity contribution in [1.82, 2.24) is 0 Å². The van der Waals surface area contributed by atoms with E-state index < -0.39 is 5.54 Å². The standard InChI is InChI=1S/C14H20N2O2/c1-3-17-12-5-7-13(8-6-12)18-10-4-9-14(2,16)11-15/h5-8H,3-4,9-10,16H2,1-2H3. The van der Waals surface area contributed by atoms with Crippen molar-refractivity contribution in [3.8, 4) is 17.6 Å². The molecule has 0 aliphatic heterocycles. The first kappa shape index (κ1) is 14.3. The quantitative estimate of drug-likeness (QED) is 0.753. The van der Waals surface area contributed by atoms with Crippen LogP contribution in [-0.4, -0.2) is 18.8 Å². The van der Waals surface area contributed by atoms with E-state index in [1.165, 1.54) is 0 Å². The van der Waals surface area contributed by atoms with Gasteiger partial charge in [-0.3, -0.25) is 0 Å². The largest absolute Gasteiger partial charge is 0.494 e. The Morgan fingerprint density at radius 3 is 2.28 bits per heavy atom. The number of hydrogen-bond donors (Lipinski definition) is 1. The zero-order chi connectivity index (χ0) is 13.4. The highest BCUT2D eigenvalue weighted by Gasteiger charge is 2.16. The fourth-order valence-electron chi connectivity index (χ4n) is 1.48. The van der Waals surface area contributed by atoms with Gasteiger partial charge in [0.25, 0.3) is 0 Å². The molecule has 4 nitrogen and oxygen atoms in total. The Kier molecular flexibility index (Phi) is 5.47. The average Bonchev–Trinajstić information content (AvgIpc) is 2.37. The van der Waals surface area contributed by atoms with Gasteiger partial charge in [-0.1, -0.05) is 0 Å². The monoisotopic (exact) mass is 248 g/mol. The van der Waals surface area contributed by atoms with Crippen molar-refractivity contribution in [2.75, 3.05) is 13.2 Å². The second-order valence-electron chi connectivity index (χ2n) is 4.39. The third-order valence-corrected chi connectivity index (χ3v) is 2.50. The van der Waals surface area contributed by atoms with Crippen LogP contribution in [0.1, 0.15) is 26.7 Å². The maximum absolute atomic E-state index is 8.76. The van der Waals surface area contributed by atoms with E-state index in [0.717, 1.165) is 17.9 Å². The van der Waals surface area contributed by atoms with Crippen LogP contribution < -0.4 is 15.2 Å². The van der Waals surface area contributed by atoms with Crippen LogP contribution in [0.2, 0.25) is 0 Å². The number of ether oxygens (including phenoxy) is 2. The Morgan fingerprint density at radius 2 is 1.78 bits per heavy atom. The molecule has 18 heavy (non-hydrogen) atoms. The highest BCUT2D eigenvalue weighted by molar-refractivity contribution is 5.31.